The second kappa shape index (κ2) is 12.1. The molecule has 1 aromatic heterocycles. The van der Waals surface area contributed by atoms with Crippen LogP contribution >= 0.6 is 23.7 Å². The lowest BCUT2D eigenvalue weighted by Gasteiger charge is -2.34. The van der Waals surface area contributed by atoms with Crippen molar-refractivity contribution in [3.05, 3.63) is 53.8 Å². The molecule has 2 heterocycles. The van der Waals surface area contributed by atoms with Gasteiger partial charge < -0.3 is 9.64 Å². The first kappa shape index (κ1) is 29.4. The van der Waals surface area contributed by atoms with Crippen LogP contribution < -0.4 is 4.90 Å². The van der Waals surface area contributed by atoms with Crippen LogP contribution in [0.2, 0.25) is 0 Å². The molecule has 2 unspecified atom stereocenters. The first-order valence-corrected chi connectivity index (χ1v) is 14.1. The van der Waals surface area contributed by atoms with Crippen molar-refractivity contribution < 1.29 is 22.3 Å². The van der Waals surface area contributed by atoms with Crippen LogP contribution in [-0.2, 0) is 14.8 Å². The number of thiazole rings is 1. The van der Waals surface area contributed by atoms with Gasteiger partial charge in [0.1, 0.15) is 5.82 Å². The Kier molecular flexibility index (Phi) is 9.65. The number of nitrogens with zero attached hydrogens (tertiary/aromatic N) is 4. The number of hydrogen-bond donors (Lipinski definition) is 0. The van der Waals surface area contributed by atoms with E-state index in [4.69, 9.17) is 4.74 Å². The predicted octanol–water partition coefficient (Wildman–Crippen LogP) is 4.25. The van der Waals surface area contributed by atoms with Crippen LogP contribution in [0.4, 0.5) is 9.52 Å². The van der Waals surface area contributed by atoms with Crippen LogP contribution in [-0.4, -0.2) is 81.0 Å². The Labute approximate surface area is 227 Å². The molecule has 0 radical (unpaired) electrons. The number of amides is 1. The number of benzene rings is 2. The lowest BCUT2D eigenvalue weighted by atomic mass is 10.2. The van der Waals surface area contributed by atoms with Crippen molar-refractivity contribution in [2.24, 2.45) is 0 Å². The van der Waals surface area contributed by atoms with Gasteiger partial charge in [-0.25, -0.2) is 17.8 Å². The number of sulfonamides is 1. The molecule has 0 spiro atoms. The van der Waals surface area contributed by atoms with Crippen LogP contribution in [0.15, 0.2) is 47.4 Å². The number of ether oxygens (including phenoxy) is 1. The van der Waals surface area contributed by atoms with E-state index in [2.05, 4.69) is 4.98 Å². The maximum Gasteiger partial charge on any atom is 0.260 e. The summed E-state index contributed by atoms with van der Waals surface area (Å²) in [5.74, 6) is -0.644. The van der Waals surface area contributed by atoms with Crippen molar-refractivity contribution in [1.82, 2.24) is 14.2 Å². The number of rotatable bonds is 8. The highest BCUT2D eigenvalue weighted by Crippen LogP contribution is 2.31. The maximum atomic E-state index is 13.7. The molecule has 1 aliphatic rings. The molecule has 202 valence electrons. The van der Waals surface area contributed by atoms with E-state index >= 15 is 0 Å². The van der Waals surface area contributed by atoms with Gasteiger partial charge in [-0.1, -0.05) is 11.3 Å². The van der Waals surface area contributed by atoms with Gasteiger partial charge in [-0.05, 0) is 83.4 Å². The minimum absolute atomic E-state index is 0. The standard InChI is InChI=1S/C25H31FN4O4S2.ClH/c1-17-15-29(16-18(2)34-17)36(32,33)21-9-6-19(7-10-21)24(31)30(13-5-12-28(3)4)25-27-22-11-8-20(26)14-23(22)35-25;/h6-11,14,17-18H,5,12-13,15-16H2,1-4H3;1H. The summed E-state index contributed by atoms with van der Waals surface area (Å²) in [4.78, 5) is 21.9. The van der Waals surface area contributed by atoms with E-state index in [0.717, 1.165) is 6.54 Å². The third kappa shape index (κ3) is 6.84. The Balaban J connectivity index is 0.00000380. The second-order valence-corrected chi connectivity index (χ2v) is 12.3. The van der Waals surface area contributed by atoms with Gasteiger partial charge in [0.25, 0.3) is 5.91 Å². The molecule has 1 aliphatic heterocycles. The topological polar surface area (TPSA) is 83.1 Å². The molecule has 1 fully saturated rings. The molecular weight excluding hydrogens is 539 g/mol. The Morgan fingerprint density at radius 1 is 1.11 bits per heavy atom. The quantitative estimate of drug-likeness (QED) is 0.403. The molecule has 3 aromatic rings. The molecule has 1 saturated heterocycles. The Hall–Kier alpha value is -2.15. The molecule has 0 saturated carbocycles. The number of morpholine rings is 1. The summed E-state index contributed by atoms with van der Waals surface area (Å²) in [7, 11) is 0.209. The highest BCUT2D eigenvalue weighted by atomic mass is 35.5. The summed E-state index contributed by atoms with van der Waals surface area (Å²) in [6.45, 7) is 5.46. The second-order valence-electron chi connectivity index (χ2n) is 9.33. The van der Waals surface area contributed by atoms with E-state index in [1.54, 1.807) is 11.0 Å². The summed E-state index contributed by atoms with van der Waals surface area (Å²) >= 11 is 1.25. The average Bonchev–Trinajstić information content (AvgIpc) is 3.23. The number of carbonyl (C=O) groups excluding carboxylic acids is 1. The van der Waals surface area contributed by atoms with Crippen LogP contribution in [0.5, 0.6) is 0 Å². The Bertz CT molecular complexity index is 1320. The third-order valence-electron chi connectivity index (χ3n) is 5.93. The Morgan fingerprint density at radius 3 is 2.38 bits per heavy atom. The molecule has 37 heavy (non-hydrogen) atoms. The minimum Gasteiger partial charge on any atom is -0.373 e. The van der Waals surface area contributed by atoms with Gasteiger partial charge in [-0.15, -0.1) is 12.4 Å². The maximum absolute atomic E-state index is 13.7. The van der Waals surface area contributed by atoms with E-state index in [9.17, 15) is 17.6 Å². The van der Waals surface area contributed by atoms with Gasteiger partial charge >= 0.3 is 0 Å². The third-order valence-corrected chi connectivity index (χ3v) is 8.81. The van der Waals surface area contributed by atoms with Crippen LogP contribution in [0, 0.1) is 5.82 Å². The monoisotopic (exact) mass is 570 g/mol. The molecule has 0 bridgehead atoms. The summed E-state index contributed by atoms with van der Waals surface area (Å²) < 4.78 is 47.8. The first-order chi connectivity index (χ1) is 17.0. The van der Waals surface area contributed by atoms with Crippen molar-refractivity contribution in [1.29, 1.82) is 0 Å². The number of aromatic nitrogens is 1. The molecule has 0 aliphatic carbocycles. The van der Waals surface area contributed by atoms with Crippen LogP contribution in [0.1, 0.15) is 30.6 Å². The van der Waals surface area contributed by atoms with E-state index in [1.807, 2.05) is 32.8 Å². The highest BCUT2D eigenvalue weighted by molar-refractivity contribution is 7.89. The molecule has 12 heteroatoms. The zero-order chi connectivity index (χ0) is 26.0. The number of halogens is 2. The van der Waals surface area contributed by atoms with Gasteiger partial charge in [0.15, 0.2) is 5.13 Å². The van der Waals surface area contributed by atoms with Crippen molar-refractivity contribution >= 4 is 55.0 Å². The zero-order valence-corrected chi connectivity index (χ0v) is 23.7. The molecule has 0 N–H and O–H groups in total. The number of fused-ring (bicyclic) bond motifs is 1. The summed E-state index contributed by atoms with van der Waals surface area (Å²) in [6.07, 6.45) is 0.327. The SMILES string of the molecule is CC1CN(S(=O)(=O)c2ccc(C(=O)N(CCCN(C)C)c3nc4ccc(F)cc4s3)cc2)CC(C)O1.Cl. The number of hydrogen-bond acceptors (Lipinski definition) is 7. The molecule has 2 atom stereocenters. The van der Waals surface area contributed by atoms with Crippen molar-refractivity contribution in [3.8, 4) is 0 Å². The molecule has 8 nitrogen and oxygen atoms in total. The van der Waals surface area contributed by atoms with Gasteiger partial charge in [0.05, 0.1) is 27.3 Å². The smallest absolute Gasteiger partial charge is 0.260 e. The van der Waals surface area contributed by atoms with E-state index < -0.39 is 10.0 Å². The average molecular weight is 571 g/mol. The fraction of sp³-hybridized carbons (Fsp3) is 0.440. The van der Waals surface area contributed by atoms with Gasteiger partial charge in [-0.2, -0.15) is 4.31 Å². The van der Waals surface area contributed by atoms with Gasteiger partial charge in [0.2, 0.25) is 10.0 Å². The fourth-order valence-electron chi connectivity index (χ4n) is 4.23. The lowest BCUT2D eigenvalue weighted by Crippen LogP contribution is -2.48. The number of carbonyl (C=O) groups is 1. The molecule has 2 aromatic carbocycles. The van der Waals surface area contributed by atoms with E-state index in [1.165, 1.54) is 52.0 Å². The predicted molar refractivity (Wildman–Crippen MR) is 147 cm³/mol. The molecule has 1 amide bonds. The van der Waals surface area contributed by atoms with Crippen LogP contribution in [0.3, 0.4) is 0 Å². The molecule has 4 rings (SSSR count). The van der Waals surface area contributed by atoms with Crippen molar-refractivity contribution in [2.45, 2.75) is 37.4 Å². The fourth-order valence-corrected chi connectivity index (χ4v) is 6.84. The highest BCUT2D eigenvalue weighted by Gasteiger charge is 2.32. The van der Waals surface area contributed by atoms with Crippen molar-refractivity contribution in [3.63, 3.8) is 0 Å². The van der Waals surface area contributed by atoms with Gasteiger partial charge in [-0.3, -0.25) is 9.69 Å². The van der Waals surface area contributed by atoms with E-state index in [-0.39, 0.29) is 54.3 Å². The summed E-state index contributed by atoms with van der Waals surface area (Å²) in [5, 5.41) is 0.479. The van der Waals surface area contributed by atoms with E-state index in [0.29, 0.717) is 33.9 Å². The summed E-state index contributed by atoms with van der Waals surface area (Å²) in [5.41, 5.74) is 0.977. The first-order valence-electron chi connectivity index (χ1n) is 11.8. The van der Waals surface area contributed by atoms with Crippen molar-refractivity contribution in [2.75, 3.05) is 45.2 Å². The van der Waals surface area contributed by atoms with Crippen LogP contribution in [0.25, 0.3) is 10.2 Å². The number of anilines is 1. The zero-order valence-electron chi connectivity index (χ0n) is 21.3. The Morgan fingerprint density at radius 2 is 1.76 bits per heavy atom. The molecular formula is C25H32ClFN4O4S2. The lowest BCUT2D eigenvalue weighted by molar-refractivity contribution is -0.0440. The largest absolute Gasteiger partial charge is 0.373 e. The normalized spacial score (nSPS) is 18.6. The summed E-state index contributed by atoms with van der Waals surface area (Å²) in [6, 6.07) is 10.4. The van der Waals surface area contributed by atoms with Gasteiger partial charge in [0, 0.05) is 25.2 Å². The minimum atomic E-state index is -3.71.